The summed E-state index contributed by atoms with van der Waals surface area (Å²) in [6, 6.07) is 11.4. The largest absolute Gasteiger partial charge is 0.351 e. The fourth-order valence-corrected chi connectivity index (χ4v) is 6.55. The van der Waals surface area contributed by atoms with Crippen LogP contribution >= 0.6 is 15.9 Å². The van der Waals surface area contributed by atoms with Gasteiger partial charge in [-0.2, -0.15) is 4.31 Å². The third-order valence-electron chi connectivity index (χ3n) is 6.72. The molecule has 2 amide bonds. The zero-order chi connectivity index (χ0) is 25.0. The van der Waals surface area contributed by atoms with Crippen molar-refractivity contribution in [3.05, 3.63) is 64.4 Å². The van der Waals surface area contributed by atoms with Crippen LogP contribution in [0.1, 0.15) is 48.9 Å². The summed E-state index contributed by atoms with van der Waals surface area (Å²) >= 11 is 3.32. The molecule has 0 aromatic heterocycles. The fraction of sp³-hybridized carbons (Fsp3) is 0.440. The molecule has 4 rings (SSSR count). The molecule has 1 heterocycles. The summed E-state index contributed by atoms with van der Waals surface area (Å²) in [4.78, 5) is 26.0. The maximum atomic E-state index is 13.2. The minimum absolute atomic E-state index is 0.129. The molecule has 1 aliphatic carbocycles. The zero-order valence-corrected chi connectivity index (χ0v) is 21.7. The number of nitrogens with zero attached hydrogens (tertiary/aromatic N) is 1. The topological polar surface area (TPSA) is 95.6 Å². The maximum Gasteiger partial charge on any atom is 0.251 e. The molecule has 3 atom stereocenters. The smallest absolute Gasteiger partial charge is 0.251 e. The van der Waals surface area contributed by atoms with Gasteiger partial charge in [-0.1, -0.05) is 28.8 Å². The summed E-state index contributed by atoms with van der Waals surface area (Å²) in [5.74, 6) is -1.36. The summed E-state index contributed by atoms with van der Waals surface area (Å²) in [7, 11) is -3.69. The van der Waals surface area contributed by atoms with Gasteiger partial charge in [0.25, 0.3) is 5.91 Å². The number of carbonyl (C=O) groups is 2. The van der Waals surface area contributed by atoms with E-state index in [0.29, 0.717) is 24.9 Å². The van der Waals surface area contributed by atoms with E-state index in [1.54, 1.807) is 24.3 Å². The molecule has 2 aliphatic rings. The second kappa shape index (κ2) is 11.2. The van der Waals surface area contributed by atoms with Crippen LogP contribution in [0.5, 0.6) is 0 Å². The zero-order valence-electron chi connectivity index (χ0n) is 19.3. The van der Waals surface area contributed by atoms with E-state index >= 15 is 0 Å². The number of benzene rings is 2. The first-order valence-corrected chi connectivity index (χ1v) is 14.1. The van der Waals surface area contributed by atoms with Crippen molar-refractivity contribution >= 4 is 37.8 Å². The highest BCUT2D eigenvalue weighted by Crippen LogP contribution is 2.26. The van der Waals surface area contributed by atoms with E-state index < -0.39 is 21.8 Å². The number of carbonyl (C=O) groups excluding carboxylic acids is 2. The van der Waals surface area contributed by atoms with Crippen LogP contribution in [0.2, 0.25) is 0 Å². The van der Waals surface area contributed by atoms with Gasteiger partial charge in [-0.05, 0) is 74.2 Å². The molecule has 35 heavy (non-hydrogen) atoms. The monoisotopic (exact) mass is 565 g/mol. The molecule has 1 aliphatic heterocycles. The molecular weight excluding hydrogens is 537 g/mol. The molecule has 1 saturated heterocycles. The average molecular weight is 566 g/mol. The van der Waals surface area contributed by atoms with Crippen LogP contribution in [0.4, 0.5) is 4.39 Å². The lowest BCUT2D eigenvalue weighted by molar-refractivity contribution is -0.127. The molecule has 2 N–H and O–H groups in total. The molecular formula is C25H29BrFN3O4S. The van der Waals surface area contributed by atoms with E-state index in [1.807, 2.05) is 0 Å². The standard InChI is InChI=1S/C25H29BrFN3O4S/c26-19-9-13-21(14-10-19)35(33,34)30-15-3-4-18(16-30)25(32)29-23-6-2-1-5-22(23)28-24(31)17-7-11-20(27)12-8-17/h7-14,18,22-23H,1-6,15-16H2,(H,28,31)(H,29,32)/t18-,22-,23-/m1/s1. The predicted molar refractivity (Wildman–Crippen MR) is 134 cm³/mol. The van der Waals surface area contributed by atoms with Crippen LogP contribution in [0, 0.1) is 11.7 Å². The summed E-state index contributed by atoms with van der Waals surface area (Å²) in [6.45, 7) is 0.505. The molecule has 0 radical (unpaired) electrons. The van der Waals surface area contributed by atoms with E-state index in [-0.39, 0.29) is 35.3 Å². The number of hydrogen-bond acceptors (Lipinski definition) is 4. The number of hydrogen-bond donors (Lipinski definition) is 2. The van der Waals surface area contributed by atoms with Crippen LogP contribution in [0.3, 0.4) is 0 Å². The number of piperidine rings is 1. The van der Waals surface area contributed by atoms with Crippen molar-refractivity contribution in [2.75, 3.05) is 13.1 Å². The fourth-order valence-electron chi connectivity index (χ4n) is 4.76. The van der Waals surface area contributed by atoms with E-state index in [0.717, 1.165) is 30.2 Å². The van der Waals surface area contributed by atoms with Crippen molar-refractivity contribution in [3.8, 4) is 0 Å². The van der Waals surface area contributed by atoms with E-state index in [2.05, 4.69) is 26.6 Å². The highest BCUT2D eigenvalue weighted by Gasteiger charge is 2.35. The second-order valence-electron chi connectivity index (χ2n) is 9.14. The third kappa shape index (κ3) is 6.29. The Kier molecular flexibility index (Phi) is 8.23. The molecule has 0 unspecified atom stereocenters. The molecule has 1 saturated carbocycles. The molecule has 2 fully saturated rings. The van der Waals surface area contributed by atoms with Crippen molar-refractivity contribution in [2.24, 2.45) is 5.92 Å². The van der Waals surface area contributed by atoms with E-state index in [1.165, 1.54) is 28.6 Å². The summed E-state index contributed by atoms with van der Waals surface area (Å²) < 4.78 is 41.6. The van der Waals surface area contributed by atoms with Gasteiger partial charge in [0, 0.05) is 35.2 Å². The number of rotatable bonds is 6. The Hall–Kier alpha value is -2.30. The summed E-state index contributed by atoms with van der Waals surface area (Å²) in [6.07, 6.45) is 4.53. The normalized spacial score (nSPS) is 23.4. The molecule has 0 spiro atoms. The van der Waals surface area contributed by atoms with Gasteiger partial charge >= 0.3 is 0 Å². The molecule has 7 nitrogen and oxygen atoms in total. The first-order valence-electron chi connectivity index (χ1n) is 11.9. The molecule has 2 aromatic carbocycles. The Morgan fingerprint density at radius 1 is 0.886 bits per heavy atom. The van der Waals surface area contributed by atoms with Gasteiger partial charge in [0.05, 0.1) is 10.8 Å². The number of amides is 2. The van der Waals surface area contributed by atoms with Crippen LogP contribution in [-0.2, 0) is 14.8 Å². The van der Waals surface area contributed by atoms with Gasteiger partial charge in [0.2, 0.25) is 15.9 Å². The molecule has 0 bridgehead atoms. The molecule has 10 heteroatoms. The summed E-state index contributed by atoms with van der Waals surface area (Å²) in [5, 5.41) is 6.07. The van der Waals surface area contributed by atoms with E-state index in [4.69, 9.17) is 0 Å². The van der Waals surface area contributed by atoms with Gasteiger partial charge in [0.1, 0.15) is 5.82 Å². The van der Waals surface area contributed by atoms with Crippen molar-refractivity contribution < 1.29 is 22.4 Å². The number of halogens is 2. The lowest BCUT2D eigenvalue weighted by Crippen LogP contribution is -2.55. The first-order chi connectivity index (χ1) is 16.7. The Morgan fingerprint density at radius 2 is 1.51 bits per heavy atom. The van der Waals surface area contributed by atoms with Gasteiger partial charge in [0.15, 0.2) is 0 Å². The lowest BCUT2D eigenvalue weighted by atomic mass is 9.89. The first kappa shape index (κ1) is 25.8. The SMILES string of the molecule is O=C(N[C@@H]1CCCC[C@H]1NC(=O)[C@@H]1CCCN(S(=O)(=O)c2ccc(Br)cc2)C1)c1ccc(F)cc1. The predicted octanol–water partition coefficient (Wildman–Crippen LogP) is 3.85. The van der Waals surface area contributed by atoms with E-state index in [9.17, 15) is 22.4 Å². The maximum absolute atomic E-state index is 13.2. The molecule has 188 valence electrons. The second-order valence-corrected chi connectivity index (χ2v) is 12.0. The minimum Gasteiger partial charge on any atom is -0.351 e. The van der Waals surface area contributed by atoms with Crippen LogP contribution in [0.15, 0.2) is 57.9 Å². The Bertz CT molecular complexity index is 1160. The summed E-state index contributed by atoms with van der Waals surface area (Å²) in [5.41, 5.74) is 0.364. The van der Waals surface area contributed by atoms with Gasteiger partial charge in [-0.25, -0.2) is 12.8 Å². The highest BCUT2D eigenvalue weighted by molar-refractivity contribution is 9.10. The third-order valence-corrected chi connectivity index (χ3v) is 9.13. The van der Waals surface area contributed by atoms with Crippen molar-refractivity contribution in [1.29, 1.82) is 0 Å². The van der Waals surface area contributed by atoms with Gasteiger partial charge in [-0.3, -0.25) is 9.59 Å². The van der Waals surface area contributed by atoms with Crippen LogP contribution < -0.4 is 10.6 Å². The lowest BCUT2D eigenvalue weighted by Gasteiger charge is -2.36. The van der Waals surface area contributed by atoms with Crippen molar-refractivity contribution in [3.63, 3.8) is 0 Å². The van der Waals surface area contributed by atoms with Gasteiger partial charge < -0.3 is 10.6 Å². The number of sulfonamides is 1. The Morgan fingerprint density at radius 3 is 2.17 bits per heavy atom. The van der Waals surface area contributed by atoms with Crippen molar-refractivity contribution in [2.45, 2.75) is 55.5 Å². The Balaban J connectivity index is 1.39. The van der Waals surface area contributed by atoms with Crippen LogP contribution in [-0.4, -0.2) is 49.7 Å². The van der Waals surface area contributed by atoms with Crippen molar-refractivity contribution in [1.82, 2.24) is 14.9 Å². The minimum atomic E-state index is -3.69. The van der Waals surface area contributed by atoms with Crippen LogP contribution in [0.25, 0.3) is 0 Å². The van der Waals surface area contributed by atoms with Gasteiger partial charge in [-0.15, -0.1) is 0 Å². The Labute approximate surface area is 213 Å². The quantitative estimate of drug-likeness (QED) is 0.556. The highest BCUT2D eigenvalue weighted by atomic mass is 79.9. The molecule has 2 aromatic rings. The number of nitrogens with one attached hydrogen (secondary N) is 2. The average Bonchev–Trinajstić information content (AvgIpc) is 2.86.